The smallest absolute Gasteiger partial charge is 0.192 e. The molecule has 0 aliphatic carbocycles. The van der Waals surface area contributed by atoms with Crippen LogP contribution in [0.4, 0.5) is 0 Å². The molecule has 0 bridgehead atoms. The van der Waals surface area contributed by atoms with Crippen LogP contribution in [0.2, 0.25) is 0 Å². The maximum atomic E-state index is 5.30. The van der Waals surface area contributed by atoms with Crippen molar-refractivity contribution in [3.8, 4) is 0 Å². The highest BCUT2D eigenvalue weighted by molar-refractivity contribution is 5.79. The highest BCUT2D eigenvalue weighted by atomic mass is 16.5. The maximum absolute atomic E-state index is 5.30. The largest absolute Gasteiger partial charge is 0.467 e. The number of furan rings is 1. The van der Waals surface area contributed by atoms with Crippen LogP contribution < -0.4 is 10.6 Å². The molecule has 0 aliphatic rings. The molecule has 2 aromatic rings. The predicted molar refractivity (Wildman–Crippen MR) is 82.3 cm³/mol. The highest BCUT2D eigenvalue weighted by Gasteiger charge is 2.05. The zero-order valence-corrected chi connectivity index (χ0v) is 13.2. The number of aryl methyl sites for hydroxylation is 1. The molecule has 0 saturated heterocycles. The minimum atomic E-state index is 0.442. The number of nitrogens with zero attached hydrogens (tertiary/aromatic N) is 4. The predicted octanol–water partition coefficient (Wildman–Crippen LogP) is 0.598. The molecule has 2 aromatic heterocycles. The standard InChI is InChI=1S/C14H22N6O2/c1-11-18-19-13(20(11)2)10-17-14(15-6-8-21-3)16-9-12-5-4-7-22-12/h4-5,7H,6,8-10H2,1-3H3,(H2,15,16,17). The number of aromatic nitrogens is 3. The molecule has 0 fully saturated rings. The van der Waals surface area contributed by atoms with E-state index in [-0.39, 0.29) is 0 Å². The van der Waals surface area contributed by atoms with Gasteiger partial charge in [0.1, 0.15) is 18.1 Å². The zero-order chi connectivity index (χ0) is 15.8. The average Bonchev–Trinajstić information content (AvgIpc) is 3.14. The van der Waals surface area contributed by atoms with Crippen molar-refractivity contribution in [2.75, 3.05) is 20.3 Å². The number of aliphatic imine (C=N–C) groups is 1. The topological polar surface area (TPSA) is 89.5 Å². The van der Waals surface area contributed by atoms with Gasteiger partial charge in [-0.3, -0.25) is 0 Å². The quantitative estimate of drug-likeness (QED) is 0.442. The molecule has 0 atom stereocenters. The van der Waals surface area contributed by atoms with E-state index in [1.165, 1.54) is 0 Å². The van der Waals surface area contributed by atoms with Gasteiger partial charge in [0, 0.05) is 20.7 Å². The lowest BCUT2D eigenvalue weighted by Crippen LogP contribution is -2.38. The Bertz CT molecular complexity index is 591. The van der Waals surface area contributed by atoms with Crippen molar-refractivity contribution < 1.29 is 9.15 Å². The first-order valence-corrected chi connectivity index (χ1v) is 7.09. The lowest BCUT2D eigenvalue weighted by Gasteiger charge is -2.11. The van der Waals surface area contributed by atoms with Gasteiger partial charge in [-0.25, -0.2) is 4.99 Å². The third-order valence-corrected chi connectivity index (χ3v) is 3.17. The number of hydrogen-bond donors (Lipinski definition) is 2. The van der Waals surface area contributed by atoms with Crippen LogP contribution in [0.1, 0.15) is 17.4 Å². The normalized spacial score (nSPS) is 11.7. The van der Waals surface area contributed by atoms with Crippen LogP contribution >= 0.6 is 0 Å². The first-order chi connectivity index (χ1) is 10.7. The summed E-state index contributed by atoms with van der Waals surface area (Å²) in [6.07, 6.45) is 1.65. The second kappa shape index (κ2) is 8.18. The van der Waals surface area contributed by atoms with Crippen molar-refractivity contribution in [3.05, 3.63) is 35.8 Å². The lowest BCUT2D eigenvalue weighted by molar-refractivity contribution is 0.203. The van der Waals surface area contributed by atoms with Crippen LogP contribution in [-0.2, 0) is 24.9 Å². The van der Waals surface area contributed by atoms with Gasteiger partial charge in [-0.1, -0.05) is 0 Å². The summed E-state index contributed by atoms with van der Waals surface area (Å²) in [4.78, 5) is 4.51. The molecular weight excluding hydrogens is 284 g/mol. The summed E-state index contributed by atoms with van der Waals surface area (Å²) >= 11 is 0. The summed E-state index contributed by atoms with van der Waals surface area (Å²) in [5.41, 5.74) is 0. The van der Waals surface area contributed by atoms with Crippen LogP contribution in [0.5, 0.6) is 0 Å². The molecule has 8 nitrogen and oxygen atoms in total. The fourth-order valence-electron chi connectivity index (χ4n) is 1.77. The molecule has 2 N–H and O–H groups in total. The summed E-state index contributed by atoms with van der Waals surface area (Å²) in [5.74, 6) is 3.19. The first kappa shape index (κ1) is 16.0. The molecule has 2 heterocycles. The van der Waals surface area contributed by atoms with E-state index in [1.54, 1.807) is 13.4 Å². The molecular formula is C14H22N6O2. The second-order valence-corrected chi connectivity index (χ2v) is 4.74. The monoisotopic (exact) mass is 306 g/mol. The number of hydrogen-bond acceptors (Lipinski definition) is 5. The fourth-order valence-corrected chi connectivity index (χ4v) is 1.77. The minimum Gasteiger partial charge on any atom is -0.467 e. The Hall–Kier alpha value is -2.35. The maximum Gasteiger partial charge on any atom is 0.192 e. The van der Waals surface area contributed by atoms with Crippen molar-refractivity contribution in [2.24, 2.45) is 12.0 Å². The van der Waals surface area contributed by atoms with E-state index >= 15 is 0 Å². The van der Waals surface area contributed by atoms with Crippen molar-refractivity contribution in [1.82, 2.24) is 25.4 Å². The number of methoxy groups -OCH3 is 1. The van der Waals surface area contributed by atoms with Gasteiger partial charge < -0.3 is 24.4 Å². The van der Waals surface area contributed by atoms with Crippen LogP contribution in [-0.4, -0.2) is 41.0 Å². The van der Waals surface area contributed by atoms with E-state index in [0.29, 0.717) is 32.2 Å². The molecule has 120 valence electrons. The fraction of sp³-hybridized carbons (Fsp3) is 0.500. The Morgan fingerprint density at radius 2 is 2.27 bits per heavy atom. The van der Waals surface area contributed by atoms with Crippen molar-refractivity contribution in [2.45, 2.75) is 20.0 Å². The molecule has 0 spiro atoms. The molecule has 0 aliphatic heterocycles. The van der Waals surface area contributed by atoms with E-state index in [9.17, 15) is 0 Å². The molecule has 0 amide bonds. The van der Waals surface area contributed by atoms with Gasteiger partial charge in [0.15, 0.2) is 11.8 Å². The average molecular weight is 306 g/mol. The van der Waals surface area contributed by atoms with Crippen LogP contribution in [0.15, 0.2) is 27.8 Å². The Morgan fingerprint density at radius 1 is 1.41 bits per heavy atom. The number of rotatable bonds is 7. The van der Waals surface area contributed by atoms with Gasteiger partial charge in [-0.15, -0.1) is 10.2 Å². The third kappa shape index (κ3) is 4.59. The van der Waals surface area contributed by atoms with Gasteiger partial charge in [0.2, 0.25) is 0 Å². The molecule has 22 heavy (non-hydrogen) atoms. The summed E-state index contributed by atoms with van der Waals surface area (Å²) in [6.45, 7) is 4.18. The van der Waals surface area contributed by atoms with Crippen molar-refractivity contribution in [3.63, 3.8) is 0 Å². The zero-order valence-electron chi connectivity index (χ0n) is 13.2. The summed E-state index contributed by atoms with van der Waals surface area (Å²) in [5, 5.41) is 14.5. The van der Waals surface area contributed by atoms with E-state index < -0.39 is 0 Å². The SMILES string of the molecule is COCCNC(=NCc1nnc(C)n1C)NCc1ccco1. The first-order valence-electron chi connectivity index (χ1n) is 7.09. The Balaban J connectivity index is 1.95. The van der Waals surface area contributed by atoms with Gasteiger partial charge in [0.05, 0.1) is 19.4 Å². The van der Waals surface area contributed by atoms with E-state index in [0.717, 1.165) is 17.4 Å². The number of guanidine groups is 1. The molecule has 8 heteroatoms. The third-order valence-electron chi connectivity index (χ3n) is 3.17. The van der Waals surface area contributed by atoms with E-state index in [2.05, 4.69) is 25.8 Å². The van der Waals surface area contributed by atoms with Gasteiger partial charge >= 0.3 is 0 Å². The summed E-state index contributed by atoms with van der Waals surface area (Å²) < 4.78 is 12.3. The number of nitrogens with one attached hydrogen (secondary N) is 2. The van der Waals surface area contributed by atoms with Crippen molar-refractivity contribution in [1.29, 1.82) is 0 Å². The molecule has 0 aromatic carbocycles. The van der Waals surface area contributed by atoms with Gasteiger partial charge in [-0.05, 0) is 19.1 Å². The van der Waals surface area contributed by atoms with Crippen LogP contribution in [0.25, 0.3) is 0 Å². The van der Waals surface area contributed by atoms with Crippen molar-refractivity contribution >= 4 is 5.96 Å². The molecule has 0 saturated carbocycles. The number of ether oxygens (including phenoxy) is 1. The lowest BCUT2D eigenvalue weighted by atomic mass is 10.4. The van der Waals surface area contributed by atoms with Crippen LogP contribution in [0.3, 0.4) is 0 Å². The molecule has 2 rings (SSSR count). The Kier molecular flexibility index (Phi) is 5.96. The van der Waals surface area contributed by atoms with Gasteiger partial charge in [-0.2, -0.15) is 0 Å². The van der Waals surface area contributed by atoms with Gasteiger partial charge in [0.25, 0.3) is 0 Å². The molecule has 0 unspecified atom stereocenters. The summed E-state index contributed by atoms with van der Waals surface area (Å²) in [7, 11) is 3.59. The molecule has 0 radical (unpaired) electrons. The highest BCUT2D eigenvalue weighted by Crippen LogP contribution is 2.00. The summed E-state index contributed by atoms with van der Waals surface area (Å²) in [6, 6.07) is 3.76. The van der Waals surface area contributed by atoms with E-state index in [1.807, 2.05) is 30.7 Å². The van der Waals surface area contributed by atoms with E-state index in [4.69, 9.17) is 9.15 Å². The Morgan fingerprint density at radius 3 is 2.91 bits per heavy atom. The second-order valence-electron chi connectivity index (χ2n) is 4.74. The Labute approximate surface area is 129 Å². The minimum absolute atomic E-state index is 0.442. The van der Waals surface area contributed by atoms with Crippen LogP contribution in [0, 0.1) is 6.92 Å².